The number of ether oxygens (including phenoxy) is 2. The summed E-state index contributed by atoms with van der Waals surface area (Å²) < 4.78 is 74.0. The number of rotatable bonds is 9. The van der Waals surface area contributed by atoms with E-state index in [9.17, 15) is 30.8 Å². The van der Waals surface area contributed by atoms with Crippen LogP contribution in [0, 0.1) is 5.82 Å². The number of primary sulfonamides is 1. The van der Waals surface area contributed by atoms with Gasteiger partial charge in [0.15, 0.2) is 6.29 Å². The fourth-order valence-electron chi connectivity index (χ4n) is 3.42. The minimum Gasteiger partial charge on any atom is -0.354 e. The van der Waals surface area contributed by atoms with E-state index >= 15 is 0 Å². The van der Waals surface area contributed by atoms with Crippen molar-refractivity contribution in [1.82, 2.24) is 4.31 Å². The lowest BCUT2D eigenvalue weighted by atomic mass is 10.2. The summed E-state index contributed by atoms with van der Waals surface area (Å²) in [5.41, 5.74) is 0.0408. The van der Waals surface area contributed by atoms with Crippen LogP contribution in [0.2, 0.25) is 0 Å². The molecule has 1 aliphatic rings. The fourth-order valence-corrected chi connectivity index (χ4v) is 5.51. The normalized spacial score (nSPS) is 17.2. The summed E-state index contributed by atoms with van der Waals surface area (Å²) in [6.45, 7) is -0.436. The predicted octanol–water partition coefficient (Wildman–Crippen LogP) is 0.415. The van der Waals surface area contributed by atoms with Gasteiger partial charge in [0.05, 0.1) is 28.4 Å². The van der Waals surface area contributed by atoms with Crippen molar-refractivity contribution in [3.63, 3.8) is 0 Å². The van der Waals surface area contributed by atoms with E-state index in [2.05, 4.69) is 0 Å². The molecule has 2 amide bonds. The average Bonchev–Trinajstić information content (AvgIpc) is 3.07. The zero-order chi connectivity index (χ0) is 25.3. The maximum atomic E-state index is 13.4. The van der Waals surface area contributed by atoms with Crippen molar-refractivity contribution in [3.8, 4) is 0 Å². The SMILES string of the molecule is COC(CN(C1CC(=O)N(c2ccc(S(N)(=O)=O)cc2)C1=O)S(=O)(=O)c1ccc(F)cc1)OC. The third-order valence-electron chi connectivity index (χ3n) is 5.17. The summed E-state index contributed by atoms with van der Waals surface area (Å²) in [7, 11) is -5.84. The maximum absolute atomic E-state index is 13.4. The number of imide groups is 1. The molecule has 1 heterocycles. The molecule has 1 saturated heterocycles. The number of nitrogens with zero attached hydrogens (tertiary/aromatic N) is 2. The first kappa shape index (κ1) is 25.9. The van der Waals surface area contributed by atoms with Crippen molar-refractivity contribution in [1.29, 1.82) is 0 Å². The van der Waals surface area contributed by atoms with Crippen LogP contribution in [-0.2, 0) is 39.1 Å². The van der Waals surface area contributed by atoms with Crippen molar-refractivity contribution in [2.45, 2.75) is 28.5 Å². The molecule has 184 valence electrons. The molecule has 1 fully saturated rings. The molecule has 1 aliphatic heterocycles. The van der Waals surface area contributed by atoms with Crippen LogP contribution in [0.25, 0.3) is 0 Å². The second-order valence-electron chi connectivity index (χ2n) is 7.26. The Hall–Kier alpha value is -2.75. The lowest BCUT2D eigenvalue weighted by Crippen LogP contribution is -2.49. The maximum Gasteiger partial charge on any atom is 0.252 e. The van der Waals surface area contributed by atoms with Gasteiger partial charge in [-0.15, -0.1) is 0 Å². The second-order valence-corrected chi connectivity index (χ2v) is 10.7. The van der Waals surface area contributed by atoms with Gasteiger partial charge in [-0.2, -0.15) is 4.31 Å². The lowest BCUT2D eigenvalue weighted by molar-refractivity contribution is -0.125. The van der Waals surface area contributed by atoms with Crippen LogP contribution in [0.1, 0.15) is 6.42 Å². The highest BCUT2D eigenvalue weighted by molar-refractivity contribution is 7.89. The third-order valence-corrected chi connectivity index (χ3v) is 7.99. The Morgan fingerprint density at radius 1 is 1.00 bits per heavy atom. The molecule has 11 nitrogen and oxygen atoms in total. The van der Waals surface area contributed by atoms with Crippen molar-refractivity contribution in [2.75, 3.05) is 25.7 Å². The van der Waals surface area contributed by atoms with E-state index in [0.29, 0.717) is 0 Å². The molecule has 0 spiro atoms. The predicted molar refractivity (Wildman–Crippen MR) is 117 cm³/mol. The number of anilines is 1. The van der Waals surface area contributed by atoms with Gasteiger partial charge < -0.3 is 9.47 Å². The molecular weight excluding hydrogens is 493 g/mol. The standard InChI is InChI=1S/C20H22FN3O8S2/c1-31-19(32-2)12-23(34(29,30)16-7-3-13(21)4-8-16)17-11-18(25)24(20(17)26)14-5-9-15(10-6-14)33(22,27)28/h3-10,17,19H,11-12H2,1-2H3,(H2,22,27,28). The summed E-state index contributed by atoms with van der Waals surface area (Å²) in [5, 5.41) is 5.07. The van der Waals surface area contributed by atoms with Crippen LogP contribution in [0.4, 0.5) is 10.1 Å². The Kier molecular flexibility index (Phi) is 7.50. The molecule has 2 N–H and O–H groups in total. The van der Waals surface area contributed by atoms with Crippen LogP contribution < -0.4 is 10.0 Å². The number of carbonyl (C=O) groups excluding carboxylic acids is 2. The van der Waals surface area contributed by atoms with E-state index < -0.39 is 63.0 Å². The number of nitrogens with two attached hydrogens (primary N) is 1. The van der Waals surface area contributed by atoms with Crippen molar-refractivity contribution in [3.05, 3.63) is 54.3 Å². The Bertz CT molecular complexity index is 1280. The monoisotopic (exact) mass is 515 g/mol. The number of amides is 2. The number of hydrogen-bond acceptors (Lipinski definition) is 8. The topological polar surface area (TPSA) is 153 Å². The molecule has 2 aromatic rings. The number of halogens is 1. The Morgan fingerprint density at radius 2 is 1.53 bits per heavy atom. The zero-order valence-corrected chi connectivity index (χ0v) is 19.8. The average molecular weight is 516 g/mol. The molecule has 0 bridgehead atoms. The minimum atomic E-state index is -4.39. The van der Waals surface area contributed by atoms with E-state index in [4.69, 9.17) is 14.6 Å². The number of carbonyl (C=O) groups is 2. The summed E-state index contributed by atoms with van der Waals surface area (Å²) in [4.78, 5) is 26.2. The van der Waals surface area contributed by atoms with Crippen LogP contribution in [-0.4, -0.2) is 66.1 Å². The number of sulfonamides is 2. The highest BCUT2D eigenvalue weighted by atomic mass is 32.2. The van der Waals surface area contributed by atoms with Gasteiger partial charge in [0.1, 0.15) is 11.9 Å². The number of methoxy groups -OCH3 is 2. The number of hydrogen-bond donors (Lipinski definition) is 1. The number of benzene rings is 2. The quantitative estimate of drug-likeness (QED) is 0.372. The molecule has 0 aromatic heterocycles. The van der Waals surface area contributed by atoms with Crippen LogP contribution >= 0.6 is 0 Å². The van der Waals surface area contributed by atoms with E-state index in [0.717, 1.165) is 45.6 Å². The molecule has 2 aromatic carbocycles. The van der Waals surface area contributed by atoms with Gasteiger partial charge in [0, 0.05) is 14.2 Å². The zero-order valence-electron chi connectivity index (χ0n) is 18.1. The fraction of sp³-hybridized carbons (Fsp3) is 0.300. The lowest BCUT2D eigenvalue weighted by Gasteiger charge is -2.29. The van der Waals surface area contributed by atoms with Gasteiger partial charge in [-0.05, 0) is 48.5 Å². The van der Waals surface area contributed by atoms with Gasteiger partial charge in [0.25, 0.3) is 5.91 Å². The first-order chi connectivity index (χ1) is 15.9. The molecular formula is C20H22FN3O8S2. The Labute approximate surface area is 195 Å². The summed E-state index contributed by atoms with van der Waals surface area (Å²) in [6, 6.07) is 7.21. The molecule has 0 saturated carbocycles. The Balaban J connectivity index is 2.00. The van der Waals surface area contributed by atoms with Gasteiger partial charge in [-0.3, -0.25) is 9.59 Å². The first-order valence-corrected chi connectivity index (χ1v) is 12.7. The molecule has 0 radical (unpaired) electrons. The molecule has 14 heteroatoms. The van der Waals surface area contributed by atoms with Gasteiger partial charge in [-0.25, -0.2) is 31.3 Å². The highest BCUT2D eigenvalue weighted by Crippen LogP contribution is 2.30. The summed E-state index contributed by atoms with van der Waals surface area (Å²) >= 11 is 0. The first-order valence-electron chi connectivity index (χ1n) is 9.73. The Morgan fingerprint density at radius 3 is 2.03 bits per heavy atom. The van der Waals surface area contributed by atoms with Gasteiger partial charge >= 0.3 is 0 Å². The van der Waals surface area contributed by atoms with E-state index in [1.54, 1.807) is 0 Å². The van der Waals surface area contributed by atoms with E-state index in [1.807, 2.05) is 0 Å². The summed E-state index contributed by atoms with van der Waals surface area (Å²) in [6.07, 6.45) is -1.56. The van der Waals surface area contributed by atoms with Crippen molar-refractivity contribution < 1.29 is 40.3 Å². The van der Waals surface area contributed by atoms with Crippen LogP contribution in [0.3, 0.4) is 0 Å². The summed E-state index contributed by atoms with van der Waals surface area (Å²) in [5.74, 6) is -2.22. The van der Waals surface area contributed by atoms with Gasteiger partial charge in [-0.1, -0.05) is 0 Å². The van der Waals surface area contributed by atoms with Crippen molar-refractivity contribution in [2.24, 2.45) is 5.14 Å². The second kappa shape index (κ2) is 9.85. The molecule has 3 rings (SSSR count). The van der Waals surface area contributed by atoms with Crippen LogP contribution in [0.15, 0.2) is 58.3 Å². The smallest absolute Gasteiger partial charge is 0.252 e. The van der Waals surface area contributed by atoms with Gasteiger partial charge in [0.2, 0.25) is 26.0 Å². The molecule has 1 atom stereocenters. The van der Waals surface area contributed by atoms with Crippen molar-refractivity contribution >= 4 is 37.5 Å². The minimum absolute atomic E-state index is 0.0408. The highest BCUT2D eigenvalue weighted by Gasteiger charge is 2.47. The van der Waals surface area contributed by atoms with E-state index in [1.165, 1.54) is 26.4 Å². The molecule has 1 unspecified atom stereocenters. The van der Waals surface area contributed by atoms with E-state index in [-0.39, 0.29) is 15.5 Å². The third kappa shape index (κ3) is 5.16. The molecule has 34 heavy (non-hydrogen) atoms. The van der Waals surface area contributed by atoms with Crippen LogP contribution in [0.5, 0.6) is 0 Å². The largest absolute Gasteiger partial charge is 0.354 e. The molecule has 0 aliphatic carbocycles.